The predicted molar refractivity (Wildman–Crippen MR) is 499 cm³/mol. The number of alkyl halides is 6. The van der Waals surface area contributed by atoms with Gasteiger partial charge in [0.2, 0.25) is 53.9 Å². The van der Waals surface area contributed by atoms with Crippen LogP contribution in [0.15, 0.2) is 177 Å². The molecule has 2 saturated carbocycles. The van der Waals surface area contributed by atoms with Crippen molar-refractivity contribution in [2.24, 2.45) is 10.8 Å². The molecule has 6 aliphatic heterocycles. The molecule has 0 bridgehead atoms. The van der Waals surface area contributed by atoms with Crippen LogP contribution >= 0.6 is 34.0 Å². The fraction of sp³-hybridized carbons (Fsp3) is 0.330. The summed E-state index contributed by atoms with van der Waals surface area (Å²) in [5.41, 5.74) is 5.67. The molecule has 28 nitrogen and oxygen atoms in total. The Morgan fingerprint density at radius 3 is 1.03 bits per heavy atom. The van der Waals surface area contributed by atoms with Gasteiger partial charge in [0.05, 0.1) is 68.9 Å². The highest BCUT2D eigenvalue weighted by Gasteiger charge is 2.61. The number of aromatic nitrogens is 3. The Morgan fingerprint density at radius 2 is 0.706 bits per heavy atom. The Hall–Kier alpha value is -14.4. The van der Waals surface area contributed by atoms with Crippen LogP contribution in [0.1, 0.15) is 175 Å². The molecule has 26 rings (SSSR count). The standard InChI is InChI=1S/2C35H28F3N3O6S.C33H26F3N3O7S/c2*1-45-33(44)47-17-46-30-23(42)8-12-40-29(30)32(43)39-13-11-34(9-10-34)15-24(39)41(40)28-19-4-2-3-5-20(19)31-25-18(16-48-31)14-35(37,38)27-22(36)7-6-21(28)26(25)27;1-16-12-37-23(13-44-16)39(38-10-9-22(40)29(28(38)31(37)41)45-15-46-32(42)43-2)27-18-5-3-4-6-19(18)30-24-17(14-47-30)11-33(35,36)26-21(34)8-7-20(27)25(24)26/h2*2-8,12,16,24,28H,9-11,13-15,17H2,1H3;3-10,14,16,23,27H,11-13,15H2,1-2H3/t24-,28-;;/m1../s1. The van der Waals surface area contributed by atoms with E-state index in [1.807, 2.05) is 82.8 Å². The maximum atomic E-state index is 15.9. The summed E-state index contributed by atoms with van der Waals surface area (Å²) in [5, 5.41) is 10.9. The number of benzene rings is 6. The van der Waals surface area contributed by atoms with Crippen molar-refractivity contribution in [2.45, 2.75) is 138 Å². The Balaban J connectivity index is 0.000000116. The second kappa shape index (κ2) is 33.4. The first kappa shape index (κ1) is 91.1. The van der Waals surface area contributed by atoms with Crippen molar-refractivity contribution in [3.05, 3.63) is 294 Å². The average molecular weight is 2020 g/mol. The number of methoxy groups -OCH3 is 3. The summed E-state index contributed by atoms with van der Waals surface area (Å²) in [6, 6.07) is 32.0. The topological polar surface area (TPSA) is 280 Å². The molecule has 6 aromatic heterocycles. The van der Waals surface area contributed by atoms with E-state index in [1.54, 1.807) is 64.3 Å². The van der Waals surface area contributed by atoms with Crippen LogP contribution in [-0.4, -0.2) is 157 Å². The van der Waals surface area contributed by atoms with Gasteiger partial charge in [0.25, 0.3) is 35.5 Å². The third-order valence-corrected chi connectivity index (χ3v) is 33.4. The number of pyridine rings is 3. The van der Waals surface area contributed by atoms with Crippen LogP contribution in [0.25, 0.3) is 64.7 Å². The first-order valence-electron chi connectivity index (χ1n) is 46.3. The summed E-state index contributed by atoms with van der Waals surface area (Å²) in [7, 11) is 3.37. The zero-order valence-electron chi connectivity index (χ0n) is 76.3. The molecule has 734 valence electrons. The maximum absolute atomic E-state index is 15.9. The maximum Gasteiger partial charge on any atom is 0.510 e. The molecule has 7 atom stereocenters. The van der Waals surface area contributed by atoms with Gasteiger partial charge in [0.15, 0.2) is 17.1 Å². The predicted octanol–water partition coefficient (Wildman–Crippen LogP) is 18.5. The van der Waals surface area contributed by atoms with E-state index in [-0.39, 0.29) is 81.1 Å². The van der Waals surface area contributed by atoms with Gasteiger partial charge in [0.1, 0.15) is 35.9 Å². The third-order valence-electron chi connectivity index (χ3n) is 30.2. The van der Waals surface area contributed by atoms with E-state index in [0.29, 0.717) is 76.0 Å². The minimum Gasteiger partial charge on any atom is -0.451 e. The molecule has 5 fully saturated rings. The number of amides is 3. The summed E-state index contributed by atoms with van der Waals surface area (Å²) in [6.07, 6.45) is 4.12. The molecule has 8 aliphatic carbocycles. The molecule has 2 spiro atoms. The van der Waals surface area contributed by atoms with Gasteiger partial charge in [-0.3, -0.25) is 57.8 Å². The Kier molecular flexibility index (Phi) is 21.3. The lowest BCUT2D eigenvalue weighted by Gasteiger charge is -2.53. The van der Waals surface area contributed by atoms with E-state index >= 15 is 39.5 Å². The first-order chi connectivity index (χ1) is 68.8. The van der Waals surface area contributed by atoms with Crippen molar-refractivity contribution in [1.29, 1.82) is 0 Å². The molecule has 6 aromatic carbocycles. The smallest absolute Gasteiger partial charge is 0.451 e. The van der Waals surface area contributed by atoms with E-state index in [1.165, 1.54) is 81.5 Å². The average Bonchev–Trinajstić information content (AvgIpc) is 1.52. The minimum absolute atomic E-state index is 0.0369. The Bertz CT molecular complexity index is 7400. The summed E-state index contributed by atoms with van der Waals surface area (Å²) < 4.78 is 198. The van der Waals surface area contributed by atoms with Gasteiger partial charge in [-0.2, -0.15) is 0 Å². The lowest BCUT2D eigenvalue weighted by molar-refractivity contribution is -0.0579. The highest BCUT2D eigenvalue weighted by atomic mass is 32.1. The van der Waals surface area contributed by atoms with Crippen LogP contribution in [0.5, 0.6) is 17.2 Å². The molecule has 5 unspecified atom stereocenters. The van der Waals surface area contributed by atoms with Gasteiger partial charge in [-0.25, -0.2) is 53.9 Å². The molecule has 3 amide bonds. The highest BCUT2D eigenvalue weighted by Crippen LogP contribution is 2.66. The van der Waals surface area contributed by atoms with Crippen molar-refractivity contribution in [3.8, 4) is 82.0 Å². The summed E-state index contributed by atoms with van der Waals surface area (Å²) in [4.78, 5) is 125. The van der Waals surface area contributed by atoms with E-state index in [9.17, 15) is 43.2 Å². The van der Waals surface area contributed by atoms with E-state index in [2.05, 4.69) is 14.2 Å². The van der Waals surface area contributed by atoms with Crippen LogP contribution < -0.4 is 45.5 Å². The first-order valence-corrected chi connectivity index (χ1v) is 48.9. The number of morpholine rings is 1. The van der Waals surface area contributed by atoms with Crippen LogP contribution in [0.3, 0.4) is 0 Å². The minimum atomic E-state index is -3.47. The normalized spacial score (nSPS) is 21.7. The van der Waals surface area contributed by atoms with Crippen LogP contribution in [-0.2, 0) is 70.2 Å². The number of hydrogen-bond donors (Lipinski definition) is 0. The Labute approximate surface area is 817 Å². The zero-order valence-corrected chi connectivity index (χ0v) is 78.7. The second-order valence-electron chi connectivity index (χ2n) is 37.9. The number of nitrogens with zero attached hydrogens (tertiary/aromatic N) is 9. The number of hydrogen-bond acceptors (Lipinski definition) is 25. The van der Waals surface area contributed by atoms with Crippen molar-refractivity contribution in [3.63, 3.8) is 0 Å². The van der Waals surface area contributed by atoms with E-state index < -0.39 is 181 Å². The molecule has 40 heteroatoms. The van der Waals surface area contributed by atoms with Crippen molar-refractivity contribution < 1.29 is 116 Å². The van der Waals surface area contributed by atoms with Gasteiger partial charge in [-0.05, 0) is 170 Å². The van der Waals surface area contributed by atoms with Crippen LogP contribution in [0.2, 0.25) is 0 Å². The van der Waals surface area contributed by atoms with Gasteiger partial charge >= 0.3 is 18.5 Å². The number of ether oxygens (including phenoxy) is 10. The van der Waals surface area contributed by atoms with Crippen LogP contribution in [0.4, 0.5) is 53.9 Å². The molecule has 12 aromatic rings. The number of carbonyl (C=O) groups is 6. The number of rotatable bonds is 12. The monoisotopic (exact) mass is 2020 g/mol. The van der Waals surface area contributed by atoms with Crippen LogP contribution in [0, 0.1) is 28.3 Å². The number of thiophene rings is 3. The summed E-state index contributed by atoms with van der Waals surface area (Å²) in [5.74, 6) is -15.7. The summed E-state index contributed by atoms with van der Waals surface area (Å²) >= 11 is 4.05. The molecule has 143 heavy (non-hydrogen) atoms. The molecule has 0 radical (unpaired) electrons. The molecule has 0 N–H and O–H groups in total. The molecule has 12 heterocycles. The second-order valence-corrected chi connectivity index (χ2v) is 40.6. The van der Waals surface area contributed by atoms with Crippen molar-refractivity contribution in [2.75, 3.05) is 83.0 Å². The number of carbonyl (C=O) groups excluding carboxylic acids is 6. The van der Waals surface area contributed by atoms with Gasteiger partial charge in [0, 0.05) is 124 Å². The molecular formula is C103H82F9N9O19S3. The zero-order chi connectivity index (χ0) is 99.0. The third kappa shape index (κ3) is 14.1. The van der Waals surface area contributed by atoms with Crippen molar-refractivity contribution in [1.82, 2.24) is 28.7 Å². The quantitative estimate of drug-likeness (QED) is 0.0475. The molecule has 3 saturated heterocycles. The SMILES string of the molecule is COC(=O)OCOc1c2n(ccc1=O)N(C1c3ccccc3-c3scc4c3-c3c1ccc(F)c3C(F)(F)C4)C1CC3(CCN1C2=O)CC3.COC(=O)OCOc1c2n(ccc1=O)N(C1c3ccccc3-c3scc4c3-c3c1ccc(F)c3C(F)(F)C4)C1COC(C)CN1C2=O.COC(=O)OCOc1c2n(ccc1=O)N([C@@H]1c3ccccc3-c3scc4c3-c3c1ccc(F)c3C(F)(F)C4)[C@@H]1CC3(CCN1C2=O)CC3. The molecular weight excluding hydrogens is 1930 g/mol. The fourth-order valence-electron chi connectivity index (χ4n) is 23.6. The van der Waals surface area contributed by atoms with E-state index in [4.69, 9.17) is 33.2 Å². The van der Waals surface area contributed by atoms with Gasteiger partial charge in [-0.1, -0.05) is 91.0 Å². The number of fused-ring (bicyclic) bond motifs is 12. The fourth-order valence-corrected chi connectivity index (χ4v) is 26.9. The lowest BCUT2D eigenvalue weighted by atomic mass is 9.80. The van der Waals surface area contributed by atoms with Gasteiger partial charge in [-0.15, -0.1) is 34.0 Å². The Morgan fingerprint density at radius 1 is 0.392 bits per heavy atom. The lowest BCUT2D eigenvalue weighted by Crippen LogP contribution is -2.67. The highest BCUT2D eigenvalue weighted by molar-refractivity contribution is 7.15. The van der Waals surface area contributed by atoms with E-state index in [0.717, 1.165) is 126 Å². The van der Waals surface area contributed by atoms with Gasteiger partial charge < -0.3 is 62.1 Å². The molecule has 14 aliphatic rings. The number of halogens is 9. The van der Waals surface area contributed by atoms with Crippen molar-refractivity contribution >= 4 is 70.2 Å². The number of piperidine rings is 2. The summed E-state index contributed by atoms with van der Waals surface area (Å²) in [6.45, 7) is 0.729. The largest absolute Gasteiger partial charge is 0.510 e.